The minimum Gasteiger partial charge on any atom is -0.248 e. The summed E-state index contributed by atoms with van der Waals surface area (Å²) >= 11 is 0. The lowest BCUT2D eigenvalue weighted by Crippen LogP contribution is -2.25. The monoisotopic (exact) mass is 737 g/mol. The molecule has 0 aliphatic heterocycles. The van der Waals surface area contributed by atoms with E-state index in [2.05, 4.69) is 213 Å². The molecule has 8 aromatic rings. The van der Waals surface area contributed by atoms with Crippen molar-refractivity contribution in [1.82, 2.24) is 4.98 Å². The average Bonchev–Trinajstić information content (AvgIpc) is 3.76. The van der Waals surface area contributed by atoms with E-state index in [9.17, 15) is 0 Å². The van der Waals surface area contributed by atoms with Crippen LogP contribution in [0.4, 0.5) is 0 Å². The Hall–Kier alpha value is -7.09. The average molecular weight is 738 g/mol. The maximum Gasteiger partial charge on any atom is 0.0725 e. The predicted molar refractivity (Wildman–Crippen MR) is 241 cm³/mol. The van der Waals surface area contributed by atoms with Gasteiger partial charge in [0, 0.05) is 16.4 Å². The Balaban J connectivity index is 0.943. The molecule has 1 heterocycles. The first kappa shape index (κ1) is 33.1. The number of hydrogen-bond acceptors (Lipinski definition) is 1. The lowest BCUT2D eigenvalue weighted by Gasteiger charge is -2.34. The van der Waals surface area contributed by atoms with Gasteiger partial charge in [-0.15, -0.1) is 0 Å². The van der Waals surface area contributed by atoms with E-state index in [-0.39, 0.29) is 10.8 Å². The summed E-state index contributed by atoms with van der Waals surface area (Å²) in [5.41, 5.74) is 22.4. The van der Waals surface area contributed by atoms with Crippen molar-refractivity contribution in [1.29, 1.82) is 0 Å². The van der Waals surface area contributed by atoms with Crippen molar-refractivity contribution in [2.75, 3.05) is 0 Å². The van der Waals surface area contributed by atoms with E-state index in [1.54, 1.807) is 0 Å². The van der Waals surface area contributed by atoms with E-state index in [4.69, 9.17) is 4.98 Å². The second-order valence-electron chi connectivity index (χ2n) is 16.4. The first-order valence-electron chi connectivity index (χ1n) is 20.4. The molecule has 0 saturated heterocycles. The van der Waals surface area contributed by atoms with Crippen LogP contribution in [-0.2, 0) is 5.41 Å². The summed E-state index contributed by atoms with van der Waals surface area (Å²) in [5.74, 6) is 0. The molecule has 1 heteroatoms. The topological polar surface area (TPSA) is 12.9 Å². The zero-order valence-electron chi connectivity index (χ0n) is 32.3. The Morgan fingerprint density at radius 2 is 1.07 bits per heavy atom. The van der Waals surface area contributed by atoms with Gasteiger partial charge in [-0.05, 0) is 102 Å². The van der Waals surface area contributed by atoms with Gasteiger partial charge < -0.3 is 0 Å². The summed E-state index contributed by atoms with van der Waals surface area (Å²) in [7, 11) is 0. The number of benzene rings is 7. The van der Waals surface area contributed by atoms with Crippen LogP contribution >= 0.6 is 0 Å². The van der Waals surface area contributed by atoms with Crippen molar-refractivity contribution in [2.24, 2.45) is 5.41 Å². The molecular weight excluding hydrogens is 699 g/mol. The maximum atomic E-state index is 5.03. The number of fused-ring (bicyclic) bond motifs is 12. The molecule has 4 aliphatic carbocycles. The molecule has 12 rings (SSSR count). The highest BCUT2D eigenvalue weighted by Gasteiger charge is 2.52. The number of rotatable bonds is 4. The highest BCUT2D eigenvalue weighted by molar-refractivity contribution is 6.01. The van der Waals surface area contributed by atoms with E-state index in [0.717, 1.165) is 28.6 Å². The number of allylic oxidation sites excluding steroid dienone is 8. The molecule has 1 aromatic heterocycles. The smallest absolute Gasteiger partial charge is 0.0725 e. The van der Waals surface area contributed by atoms with Crippen molar-refractivity contribution in [3.05, 3.63) is 245 Å². The minimum absolute atomic E-state index is 0.0584. The van der Waals surface area contributed by atoms with Crippen LogP contribution in [0.15, 0.2) is 212 Å². The molecule has 0 N–H and O–H groups in total. The Labute approximate surface area is 339 Å². The molecule has 1 unspecified atom stereocenters. The van der Waals surface area contributed by atoms with E-state index < -0.39 is 0 Å². The zero-order chi connectivity index (χ0) is 38.4. The maximum absolute atomic E-state index is 5.03. The van der Waals surface area contributed by atoms with E-state index >= 15 is 0 Å². The third kappa shape index (κ3) is 4.68. The van der Waals surface area contributed by atoms with Crippen LogP contribution in [0.3, 0.4) is 0 Å². The van der Waals surface area contributed by atoms with Crippen LogP contribution in [0.25, 0.3) is 66.7 Å². The minimum atomic E-state index is -0.343. The highest BCUT2D eigenvalue weighted by Crippen LogP contribution is 2.63. The summed E-state index contributed by atoms with van der Waals surface area (Å²) in [6.07, 6.45) is 13.1. The Bertz CT molecular complexity index is 3090. The number of hydrogen-bond donors (Lipinski definition) is 0. The van der Waals surface area contributed by atoms with Crippen molar-refractivity contribution in [3.8, 4) is 44.6 Å². The fraction of sp³-hybridized carbons (Fsp3) is 0.0702. The Kier molecular flexibility index (Phi) is 7.10. The van der Waals surface area contributed by atoms with Crippen LogP contribution in [0.1, 0.15) is 46.7 Å². The van der Waals surface area contributed by atoms with Gasteiger partial charge in [-0.25, -0.2) is 4.98 Å². The van der Waals surface area contributed by atoms with Gasteiger partial charge in [0.2, 0.25) is 0 Å². The molecule has 0 amide bonds. The number of aromatic nitrogens is 1. The lowest BCUT2D eigenvalue weighted by atomic mass is 9.69. The van der Waals surface area contributed by atoms with Gasteiger partial charge in [-0.3, -0.25) is 0 Å². The molecule has 4 aliphatic rings. The van der Waals surface area contributed by atoms with Crippen molar-refractivity contribution < 1.29 is 0 Å². The van der Waals surface area contributed by atoms with Crippen LogP contribution in [0, 0.1) is 5.41 Å². The number of para-hydroxylation sites is 1. The van der Waals surface area contributed by atoms with Crippen LogP contribution in [-0.4, -0.2) is 4.98 Å². The van der Waals surface area contributed by atoms with Gasteiger partial charge in [0.05, 0.1) is 16.6 Å². The molecular formula is C57H39N. The fourth-order valence-electron chi connectivity index (χ4n) is 10.5. The van der Waals surface area contributed by atoms with Gasteiger partial charge in [-0.2, -0.15) is 0 Å². The third-order valence-corrected chi connectivity index (χ3v) is 13.3. The van der Waals surface area contributed by atoms with E-state index in [1.165, 1.54) is 83.5 Å². The van der Waals surface area contributed by atoms with Crippen LogP contribution in [0.5, 0.6) is 0 Å². The standard InChI is InChI=1S/C57H39N/c1-56-32-30-40(37-26-28-38(29-27-37)48-36-54(39-14-3-2-4-15-39)58-53-25-12-8-18-46(48)53)34-42(56)35-41(31-33-56)43-20-13-24-52-55(43)47-19-7-11-23-51(47)57(52)49-21-9-5-16-44(49)45-17-6-10-22-50(45)57/h2-32,34-36H,33H2,1H3. The van der Waals surface area contributed by atoms with Gasteiger partial charge in [-0.1, -0.05) is 201 Å². The normalized spacial score (nSPS) is 17.8. The molecule has 1 nitrogen and oxygen atoms in total. The molecule has 0 bridgehead atoms. The number of nitrogens with zero attached hydrogens (tertiary/aromatic N) is 1. The van der Waals surface area contributed by atoms with Gasteiger partial charge in [0.25, 0.3) is 0 Å². The van der Waals surface area contributed by atoms with Crippen LogP contribution < -0.4 is 0 Å². The first-order chi connectivity index (χ1) is 28.6. The molecule has 7 aromatic carbocycles. The molecule has 0 saturated carbocycles. The van der Waals surface area contributed by atoms with Gasteiger partial charge in [0.1, 0.15) is 0 Å². The van der Waals surface area contributed by atoms with E-state index in [0.29, 0.717) is 0 Å². The van der Waals surface area contributed by atoms with Crippen molar-refractivity contribution >= 4 is 22.0 Å². The van der Waals surface area contributed by atoms with E-state index in [1.807, 2.05) is 0 Å². The summed E-state index contributed by atoms with van der Waals surface area (Å²) in [6, 6.07) is 64.6. The molecule has 58 heavy (non-hydrogen) atoms. The lowest BCUT2D eigenvalue weighted by molar-refractivity contribution is 0.529. The van der Waals surface area contributed by atoms with Crippen molar-refractivity contribution in [2.45, 2.75) is 18.8 Å². The largest absolute Gasteiger partial charge is 0.248 e. The molecule has 1 atom stereocenters. The number of pyridine rings is 1. The zero-order valence-corrected chi connectivity index (χ0v) is 32.3. The Morgan fingerprint density at radius 1 is 0.466 bits per heavy atom. The third-order valence-electron chi connectivity index (χ3n) is 13.3. The molecule has 1 spiro atoms. The fourth-order valence-corrected chi connectivity index (χ4v) is 10.5. The summed E-state index contributed by atoms with van der Waals surface area (Å²) in [5, 5.41) is 1.16. The Morgan fingerprint density at radius 3 is 1.83 bits per heavy atom. The van der Waals surface area contributed by atoms with Crippen LogP contribution in [0.2, 0.25) is 0 Å². The summed E-state index contributed by atoms with van der Waals surface area (Å²) in [6.45, 7) is 2.38. The predicted octanol–water partition coefficient (Wildman–Crippen LogP) is 14.3. The molecule has 0 fully saturated rings. The SMILES string of the molecule is CC12C=CC(c3ccc(-c4cc(-c5ccccc5)nc5ccccc45)cc3)=CC1=CC(c1cccc3c1-c1ccccc1C31c3ccccc3-c3ccccc31)=CC2. The van der Waals surface area contributed by atoms with Crippen molar-refractivity contribution in [3.63, 3.8) is 0 Å². The van der Waals surface area contributed by atoms with Gasteiger partial charge >= 0.3 is 0 Å². The van der Waals surface area contributed by atoms with Gasteiger partial charge in [0.15, 0.2) is 0 Å². The summed E-state index contributed by atoms with van der Waals surface area (Å²) < 4.78 is 0. The second-order valence-corrected chi connectivity index (χ2v) is 16.4. The molecule has 272 valence electrons. The second kappa shape index (κ2) is 12.5. The molecule has 0 radical (unpaired) electrons. The highest BCUT2D eigenvalue weighted by atomic mass is 14.7. The summed E-state index contributed by atoms with van der Waals surface area (Å²) in [4.78, 5) is 5.03. The quantitative estimate of drug-likeness (QED) is 0.175. The first-order valence-corrected chi connectivity index (χ1v) is 20.4.